The molecule has 1 aliphatic rings. The highest BCUT2D eigenvalue weighted by molar-refractivity contribution is 7.10. The molecule has 2 aromatic rings. The fourth-order valence-corrected chi connectivity index (χ4v) is 4.31. The highest BCUT2D eigenvalue weighted by Gasteiger charge is 2.24. The van der Waals surface area contributed by atoms with Crippen molar-refractivity contribution in [3.8, 4) is 5.88 Å². The van der Waals surface area contributed by atoms with E-state index in [1.165, 1.54) is 17.7 Å². The normalized spacial score (nSPS) is 16.0. The fourth-order valence-electron chi connectivity index (χ4n) is 3.45. The third kappa shape index (κ3) is 6.42. The summed E-state index contributed by atoms with van der Waals surface area (Å²) in [6.07, 6.45) is 4.30. The minimum Gasteiger partial charge on any atom is -0.475 e. The van der Waals surface area contributed by atoms with E-state index in [1.807, 2.05) is 23.5 Å². The van der Waals surface area contributed by atoms with Gasteiger partial charge in [0.2, 0.25) is 5.88 Å². The van der Waals surface area contributed by atoms with Crippen LogP contribution in [0, 0.1) is 0 Å². The summed E-state index contributed by atoms with van der Waals surface area (Å²) in [6.45, 7) is 4.75. The van der Waals surface area contributed by atoms with Crippen LogP contribution in [0.5, 0.6) is 5.88 Å². The maximum Gasteiger partial charge on any atom is 0.218 e. The van der Waals surface area contributed by atoms with Gasteiger partial charge < -0.3 is 20.1 Å². The highest BCUT2D eigenvalue weighted by atomic mass is 32.1. The van der Waals surface area contributed by atoms with Gasteiger partial charge in [-0.3, -0.25) is 9.89 Å². The first-order valence-corrected chi connectivity index (χ1v) is 11.0. The fraction of sp³-hybridized carbons (Fsp3) is 0.524. The van der Waals surface area contributed by atoms with Crippen molar-refractivity contribution in [1.82, 2.24) is 20.5 Å². The Labute approximate surface area is 177 Å². The van der Waals surface area contributed by atoms with E-state index in [4.69, 9.17) is 9.47 Å². The van der Waals surface area contributed by atoms with Gasteiger partial charge >= 0.3 is 0 Å². The molecule has 0 amide bonds. The molecule has 1 unspecified atom stereocenters. The van der Waals surface area contributed by atoms with Crippen LogP contribution in [0.1, 0.15) is 29.3 Å². The molecule has 2 N–H and O–H groups in total. The van der Waals surface area contributed by atoms with Crippen LogP contribution in [0.2, 0.25) is 0 Å². The van der Waals surface area contributed by atoms with Gasteiger partial charge in [0.15, 0.2) is 5.96 Å². The molecule has 1 saturated heterocycles. The topological polar surface area (TPSA) is 71.0 Å². The van der Waals surface area contributed by atoms with E-state index in [2.05, 4.69) is 43.0 Å². The van der Waals surface area contributed by atoms with Crippen LogP contribution in [-0.4, -0.2) is 62.8 Å². The minimum absolute atomic E-state index is 0.377. The van der Waals surface area contributed by atoms with E-state index in [0.29, 0.717) is 31.7 Å². The average Bonchev–Trinajstić information content (AvgIpc) is 3.46. The number of hydrogen-bond acceptors (Lipinski definition) is 6. The molecule has 3 rings (SSSR count). The van der Waals surface area contributed by atoms with Gasteiger partial charge in [0.1, 0.15) is 6.61 Å². The van der Waals surface area contributed by atoms with Gasteiger partial charge in [-0.05, 0) is 43.4 Å². The summed E-state index contributed by atoms with van der Waals surface area (Å²) in [7, 11) is 3.45. The number of thiophene rings is 1. The van der Waals surface area contributed by atoms with E-state index >= 15 is 0 Å². The van der Waals surface area contributed by atoms with Crippen LogP contribution >= 0.6 is 11.3 Å². The standard InChI is InChI=1S/C21H31N5O2S/c1-22-21(24-15-17-7-5-9-23-20(17)28-13-12-27-2)25-16-18(19-8-6-14-29-19)26-10-3-4-11-26/h5-9,14,18H,3-4,10-13,15-16H2,1-2H3,(H2,22,24,25). The Morgan fingerprint density at radius 2 is 2.10 bits per heavy atom. The second-order valence-corrected chi connectivity index (χ2v) is 7.87. The predicted molar refractivity (Wildman–Crippen MR) is 118 cm³/mol. The van der Waals surface area contributed by atoms with Crippen molar-refractivity contribution in [2.75, 3.05) is 47.0 Å². The van der Waals surface area contributed by atoms with Gasteiger partial charge in [-0.25, -0.2) is 4.98 Å². The third-order valence-electron chi connectivity index (χ3n) is 4.96. The van der Waals surface area contributed by atoms with Crippen LogP contribution in [0.3, 0.4) is 0 Å². The molecular formula is C21H31N5O2S. The molecule has 3 heterocycles. The van der Waals surface area contributed by atoms with Crippen molar-refractivity contribution in [3.05, 3.63) is 46.3 Å². The molecule has 1 atom stereocenters. The summed E-state index contributed by atoms with van der Waals surface area (Å²) in [5, 5.41) is 9.03. The lowest BCUT2D eigenvalue weighted by Crippen LogP contribution is -2.42. The second kappa shape index (κ2) is 11.7. The van der Waals surface area contributed by atoms with Gasteiger partial charge in [0, 0.05) is 43.9 Å². The number of likely N-dealkylation sites (tertiary alicyclic amines) is 1. The summed E-state index contributed by atoms with van der Waals surface area (Å²) < 4.78 is 10.8. The lowest BCUT2D eigenvalue weighted by atomic mass is 10.2. The molecule has 0 radical (unpaired) electrons. The zero-order valence-electron chi connectivity index (χ0n) is 17.3. The monoisotopic (exact) mass is 417 g/mol. The summed E-state index contributed by atoms with van der Waals surface area (Å²) in [4.78, 5) is 12.7. The zero-order chi connectivity index (χ0) is 20.3. The van der Waals surface area contributed by atoms with Gasteiger partial charge in [-0.1, -0.05) is 12.1 Å². The Morgan fingerprint density at radius 3 is 2.83 bits per heavy atom. The number of nitrogens with zero attached hydrogens (tertiary/aromatic N) is 3. The molecule has 1 aliphatic heterocycles. The minimum atomic E-state index is 0.377. The molecule has 7 nitrogen and oxygen atoms in total. The summed E-state index contributed by atoms with van der Waals surface area (Å²) in [5.74, 6) is 1.40. The van der Waals surface area contributed by atoms with Crippen molar-refractivity contribution in [1.29, 1.82) is 0 Å². The van der Waals surface area contributed by atoms with E-state index < -0.39 is 0 Å². The molecule has 0 spiro atoms. The van der Waals surface area contributed by atoms with Crippen molar-refractivity contribution in [3.63, 3.8) is 0 Å². The average molecular weight is 418 g/mol. The summed E-state index contributed by atoms with van der Waals surface area (Å²) in [6, 6.07) is 8.65. The molecule has 0 aromatic carbocycles. The molecule has 2 aromatic heterocycles. The van der Waals surface area contributed by atoms with Crippen LogP contribution in [0.4, 0.5) is 0 Å². The number of methoxy groups -OCH3 is 1. The Kier molecular flexibility index (Phi) is 8.73. The van der Waals surface area contributed by atoms with Gasteiger partial charge in [0.25, 0.3) is 0 Å². The third-order valence-corrected chi connectivity index (χ3v) is 5.94. The number of rotatable bonds is 10. The number of aliphatic imine (C=N–C) groups is 1. The number of guanidine groups is 1. The van der Waals surface area contributed by atoms with Gasteiger partial charge in [0.05, 0.1) is 12.6 Å². The largest absolute Gasteiger partial charge is 0.475 e. The van der Waals surface area contributed by atoms with Crippen LogP contribution in [0.25, 0.3) is 0 Å². The first kappa shape index (κ1) is 21.5. The Bertz CT molecular complexity index is 747. The quantitative estimate of drug-likeness (QED) is 0.352. The number of nitrogens with one attached hydrogen (secondary N) is 2. The van der Waals surface area contributed by atoms with E-state index in [-0.39, 0.29) is 0 Å². The number of ether oxygens (including phenoxy) is 2. The van der Waals surface area contributed by atoms with Crippen molar-refractivity contribution < 1.29 is 9.47 Å². The molecule has 1 fully saturated rings. The van der Waals surface area contributed by atoms with Gasteiger partial charge in [-0.15, -0.1) is 11.3 Å². The molecule has 0 bridgehead atoms. The Morgan fingerprint density at radius 1 is 1.24 bits per heavy atom. The maximum absolute atomic E-state index is 5.72. The number of pyridine rings is 1. The van der Waals surface area contributed by atoms with Gasteiger partial charge in [-0.2, -0.15) is 0 Å². The predicted octanol–water partition coefficient (Wildman–Crippen LogP) is 2.67. The molecule has 0 saturated carbocycles. The molecule has 8 heteroatoms. The summed E-state index contributed by atoms with van der Waals surface area (Å²) in [5.41, 5.74) is 0.987. The number of hydrogen-bond donors (Lipinski definition) is 2. The SMILES string of the molecule is CN=C(NCc1cccnc1OCCOC)NCC(c1cccs1)N1CCCC1. The lowest BCUT2D eigenvalue weighted by Gasteiger charge is -2.27. The Hall–Kier alpha value is -2.16. The van der Waals surface area contributed by atoms with Crippen molar-refractivity contribution in [2.24, 2.45) is 4.99 Å². The van der Waals surface area contributed by atoms with Crippen molar-refractivity contribution in [2.45, 2.75) is 25.4 Å². The highest BCUT2D eigenvalue weighted by Crippen LogP contribution is 2.27. The molecule has 158 valence electrons. The second-order valence-electron chi connectivity index (χ2n) is 6.89. The maximum atomic E-state index is 5.72. The number of aromatic nitrogens is 1. The van der Waals surface area contributed by atoms with Crippen LogP contribution in [-0.2, 0) is 11.3 Å². The first-order valence-electron chi connectivity index (χ1n) is 10.1. The summed E-state index contributed by atoms with van der Waals surface area (Å²) >= 11 is 1.82. The van der Waals surface area contributed by atoms with Crippen LogP contribution < -0.4 is 15.4 Å². The van der Waals surface area contributed by atoms with Crippen LogP contribution in [0.15, 0.2) is 40.8 Å². The molecular weight excluding hydrogens is 386 g/mol. The lowest BCUT2D eigenvalue weighted by molar-refractivity contribution is 0.143. The van der Waals surface area contributed by atoms with E-state index in [9.17, 15) is 0 Å². The smallest absolute Gasteiger partial charge is 0.218 e. The van der Waals surface area contributed by atoms with E-state index in [1.54, 1.807) is 20.4 Å². The Balaban J connectivity index is 1.55. The molecule has 29 heavy (non-hydrogen) atoms. The zero-order valence-corrected chi connectivity index (χ0v) is 18.1. The first-order chi connectivity index (χ1) is 14.3. The van der Waals surface area contributed by atoms with Crippen molar-refractivity contribution >= 4 is 17.3 Å². The molecule has 0 aliphatic carbocycles. The van der Waals surface area contributed by atoms with E-state index in [0.717, 1.165) is 31.2 Å².